The fourth-order valence-corrected chi connectivity index (χ4v) is 3.26. The van der Waals surface area contributed by atoms with E-state index < -0.39 is 4.92 Å². The van der Waals surface area contributed by atoms with Crippen LogP contribution < -0.4 is 10.6 Å². The number of aromatic nitrogens is 1. The third kappa shape index (κ3) is 5.67. The van der Waals surface area contributed by atoms with Gasteiger partial charge in [0.25, 0.3) is 0 Å². The summed E-state index contributed by atoms with van der Waals surface area (Å²) < 4.78 is 5.31. The van der Waals surface area contributed by atoms with Gasteiger partial charge in [-0.3, -0.25) is 15.0 Å². The van der Waals surface area contributed by atoms with E-state index >= 15 is 0 Å². The second-order valence-corrected chi connectivity index (χ2v) is 6.86. The van der Waals surface area contributed by atoms with Crippen LogP contribution in [0.3, 0.4) is 0 Å². The molecule has 0 bridgehead atoms. The van der Waals surface area contributed by atoms with Crippen LogP contribution in [0, 0.1) is 10.1 Å². The van der Waals surface area contributed by atoms with E-state index in [-0.39, 0.29) is 11.5 Å². The number of pyridine rings is 1. The molecule has 1 fully saturated rings. The number of nitrogens with zero attached hydrogens (tertiary/aromatic N) is 3. The van der Waals surface area contributed by atoms with E-state index in [1.54, 1.807) is 24.3 Å². The van der Waals surface area contributed by atoms with E-state index in [1.807, 2.05) is 0 Å². The first kappa shape index (κ1) is 19.6. The number of benzene rings is 1. The lowest BCUT2D eigenvalue weighted by Gasteiger charge is -2.26. The van der Waals surface area contributed by atoms with Crippen LogP contribution in [0.1, 0.15) is 0 Å². The molecule has 0 amide bonds. The van der Waals surface area contributed by atoms with Crippen LogP contribution in [0.5, 0.6) is 0 Å². The molecule has 1 saturated heterocycles. The first-order valence-electron chi connectivity index (χ1n) is 8.44. The van der Waals surface area contributed by atoms with Crippen LogP contribution in [-0.4, -0.2) is 54.2 Å². The minimum absolute atomic E-state index is 0.0772. The summed E-state index contributed by atoms with van der Waals surface area (Å²) in [7, 11) is 0. The molecule has 2 heterocycles. The fraction of sp³-hybridized carbons (Fsp3) is 0.353. The molecule has 2 aromatic rings. The Labute approximate surface area is 166 Å². The number of anilines is 3. The summed E-state index contributed by atoms with van der Waals surface area (Å²) in [6, 6.07) is 7.97. The minimum Gasteiger partial charge on any atom is -0.379 e. The standard InChI is InChI=1S/C17H19Cl2N5O3/c18-12-9-13(19)11-14(10-12)21-16-2-1-15(24(25)26)17(22-16)20-3-4-23-5-7-27-8-6-23/h1-2,9-11H,3-8H2,(H2,20,21,22). The molecule has 0 atom stereocenters. The van der Waals surface area contributed by atoms with Crippen molar-refractivity contribution in [1.82, 2.24) is 9.88 Å². The van der Waals surface area contributed by atoms with Crippen molar-refractivity contribution in [2.75, 3.05) is 50.0 Å². The summed E-state index contributed by atoms with van der Waals surface area (Å²) >= 11 is 12.0. The number of rotatable bonds is 7. The molecular formula is C17H19Cl2N5O3. The van der Waals surface area contributed by atoms with Gasteiger partial charge in [0, 0.05) is 48.0 Å². The van der Waals surface area contributed by atoms with E-state index in [0.29, 0.717) is 41.3 Å². The highest BCUT2D eigenvalue weighted by Crippen LogP contribution is 2.28. The summed E-state index contributed by atoms with van der Waals surface area (Å²) in [5.74, 6) is 0.666. The monoisotopic (exact) mass is 411 g/mol. The molecule has 0 spiro atoms. The molecule has 0 radical (unpaired) electrons. The number of nitrogens with one attached hydrogen (secondary N) is 2. The number of halogens is 2. The normalized spacial score (nSPS) is 14.7. The average molecular weight is 412 g/mol. The number of morpholine rings is 1. The summed E-state index contributed by atoms with van der Waals surface area (Å²) in [6.07, 6.45) is 0. The molecule has 144 valence electrons. The SMILES string of the molecule is O=[N+]([O-])c1ccc(Nc2cc(Cl)cc(Cl)c2)nc1NCCN1CCOCC1. The van der Waals surface area contributed by atoms with Gasteiger partial charge in [0.05, 0.1) is 18.1 Å². The summed E-state index contributed by atoms with van der Waals surface area (Å²) in [4.78, 5) is 17.4. The van der Waals surface area contributed by atoms with Crippen molar-refractivity contribution in [3.05, 3.63) is 50.5 Å². The Morgan fingerprint density at radius 2 is 1.89 bits per heavy atom. The third-order valence-electron chi connectivity index (χ3n) is 4.03. The van der Waals surface area contributed by atoms with Gasteiger partial charge in [0.2, 0.25) is 5.82 Å². The minimum atomic E-state index is -0.454. The maximum Gasteiger partial charge on any atom is 0.311 e. The number of hydrogen-bond donors (Lipinski definition) is 2. The molecular weight excluding hydrogens is 393 g/mol. The molecule has 1 aliphatic rings. The van der Waals surface area contributed by atoms with E-state index in [4.69, 9.17) is 27.9 Å². The summed E-state index contributed by atoms with van der Waals surface area (Å²) in [5.41, 5.74) is 0.569. The maximum absolute atomic E-state index is 11.3. The molecule has 1 aromatic heterocycles. The Kier molecular flexibility index (Phi) is 6.68. The van der Waals surface area contributed by atoms with Gasteiger partial charge >= 0.3 is 5.69 Å². The quantitative estimate of drug-likeness (QED) is 0.528. The summed E-state index contributed by atoms with van der Waals surface area (Å²) in [6.45, 7) is 4.42. The van der Waals surface area contributed by atoms with Crippen molar-refractivity contribution in [2.45, 2.75) is 0 Å². The van der Waals surface area contributed by atoms with Gasteiger partial charge in [-0.15, -0.1) is 0 Å². The number of hydrogen-bond acceptors (Lipinski definition) is 7. The molecule has 0 aliphatic carbocycles. The van der Waals surface area contributed by atoms with Gasteiger partial charge in [-0.1, -0.05) is 23.2 Å². The zero-order valence-corrected chi connectivity index (χ0v) is 16.0. The van der Waals surface area contributed by atoms with E-state index in [2.05, 4.69) is 20.5 Å². The van der Waals surface area contributed by atoms with Crippen LogP contribution in [0.15, 0.2) is 30.3 Å². The van der Waals surface area contributed by atoms with Gasteiger partial charge in [0.15, 0.2) is 0 Å². The topological polar surface area (TPSA) is 92.6 Å². The van der Waals surface area contributed by atoms with E-state index in [9.17, 15) is 10.1 Å². The molecule has 0 unspecified atom stereocenters. The van der Waals surface area contributed by atoms with Crippen molar-refractivity contribution in [1.29, 1.82) is 0 Å². The second kappa shape index (κ2) is 9.18. The van der Waals surface area contributed by atoms with Gasteiger partial charge in [-0.2, -0.15) is 0 Å². The van der Waals surface area contributed by atoms with E-state index in [0.717, 1.165) is 19.6 Å². The third-order valence-corrected chi connectivity index (χ3v) is 4.47. The van der Waals surface area contributed by atoms with Crippen molar-refractivity contribution < 1.29 is 9.66 Å². The van der Waals surface area contributed by atoms with Crippen LogP contribution >= 0.6 is 23.2 Å². The molecule has 2 N–H and O–H groups in total. The molecule has 10 heteroatoms. The Balaban J connectivity index is 1.70. The Hall–Kier alpha value is -2.13. The first-order valence-corrected chi connectivity index (χ1v) is 9.19. The van der Waals surface area contributed by atoms with Crippen molar-refractivity contribution >= 4 is 46.2 Å². The first-order chi connectivity index (χ1) is 13.0. The summed E-state index contributed by atoms with van der Waals surface area (Å²) in [5, 5.41) is 18.4. The van der Waals surface area contributed by atoms with E-state index in [1.165, 1.54) is 6.07 Å². The van der Waals surface area contributed by atoms with Crippen molar-refractivity contribution in [3.63, 3.8) is 0 Å². The van der Waals surface area contributed by atoms with Gasteiger partial charge in [-0.05, 0) is 24.3 Å². The van der Waals surface area contributed by atoms with Gasteiger partial charge in [0.1, 0.15) is 5.82 Å². The van der Waals surface area contributed by atoms with Crippen molar-refractivity contribution in [3.8, 4) is 0 Å². The highest BCUT2D eigenvalue weighted by atomic mass is 35.5. The largest absolute Gasteiger partial charge is 0.379 e. The maximum atomic E-state index is 11.3. The zero-order valence-electron chi connectivity index (χ0n) is 14.5. The Morgan fingerprint density at radius 1 is 1.19 bits per heavy atom. The Morgan fingerprint density at radius 3 is 2.56 bits per heavy atom. The zero-order chi connectivity index (χ0) is 19.2. The second-order valence-electron chi connectivity index (χ2n) is 5.99. The molecule has 3 rings (SSSR count). The van der Waals surface area contributed by atoms with Crippen LogP contribution in [0.4, 0.5) is 23.0 Å². The fourth-order valence-electron chi connectivity index (χ4n) is 2.73. The highest BCUT2D eigenvalue weighted by molar-refractivity contribution is 6.35. The predicted octanol–water partition coefficient (Wildman–Crippen LogP) is 3.78. The van der Waals surface area contributed by atoms with Crippen molar-refractivity contribution in [2.24, 2.45) is 0 Å². The molecule has 8 nitrogen and oxygen atoms in total. The average Bonchev–Trinajstić information content (AvgIpc) is 2.62. The lowest BCUT2D eigenvalue weighted by atomic mass is 10.3. The van der Waals surface area contributed by atoms with Crippen LogP contribution in [0.25, 0.3) is 0 Å². The number of ether oxygens (including phenoxy) is 1. The number of nitro groups is 1. The lowest BCUT2D eigenvalue weighted by molar-refractivity contribution is -0.384. The van der Waals surface area contributed by atoms with Gasteiger partial charge in [-0.25, -0.2) is 4.98 Å². The predicted molar refractivity (Wildman–Crippen MR) is 106 cm³/mol. The molecule has 27 heavy (non-hydrogen) atoms. The Bertz CT molecular complexity index is 795. The smallest absolute Gasteiger partial charge is 0.311 e. The molecule has 0 saturated carbocycles. The van der Waals surface area contributed by atoms with Crippen LogP contribution in [0.2, 0.25) is 10.0 Å². The molecule has 1 aliphatic heterocycles. The van der Waals surface area contributed by atoms with Gasteiger partial charge < -0.3 is 15.4 Å². The lowest BCUT2D eigenvalue weighted by Crippen LogP contribution is -2.39. The highest BCUT2D eigenvalue weighted by Gasteiger charge is 2.17. The van der Waals surface area contributed by atoms with Crippen LogP contribution in [-0.2, 0) is 4.74 Å². The molecule has 1 aromatic carbocycles.